The van der Waals surface area contributed by atoms with Crippen molar-refractivity contribution in [2.75, 3.05) is 13.2 Å². The first-order valence-electron chi connectivity index (χ1n) is 5.85. The Bertz CT molecular complexity index is 569. The zero-order chi connectivity index (χ0) is 14.7. The van der Waals surface area contributed by atoms with Crippen LogP contribution in [0.15, 0.2) is 23.1 Å². The number of carbonyl (C=O) groups is 1. The maximum Gasteiger partial charge on any atom is 0.266 e. The molecule has 1 aliphatic rings. The Hall–Kier alpha value is -0.590. The van der Waals surface area contributed by atoms with E-state index in [1.165, 1.54) is 16.7 Å². The number of thiocarbonyl (C=S) groups is 1. The van der Waals surface area contributed by atoms with Crippen LogP contribution in [0.1, 0.15) is 12.0 Å². The molecule has 0 spiro atoms. The molecule has 2 rings (SSSR count). The summed E-state index contributed by atoms with van der Waals surface area (Å²) in [6, 6.07) is 5.17. The second-order valence-corrected chi connectivity index (χ2v) is 6.54. The Kier molecular flexibility index (Phi) is 5.46. The molecule has 106 valence electrons. The summed E-state index contributed by atoms with van der Waals surface area (Å²) in [5, 5.41) is 9.80. The van der Waals surface area contributed by atoms with Crippen LogP contribution < -0.4 is 0 Å². The lowest BCUT2D eigenvalue weighted by Crippen LogP contribution is -2.29. The van der Waals surface area contributed by atoms with Crippen LogP contribution >= 0.6 is 47.2 Å². The van der Waals surface area contributed by atoms with Crippen molar-refractivity contribution in [1.82, 2.24) is 4.90 Å². The minimum Gasteiger partial charge on any atom is -0.396 e. The first-order valence-corrected chi connectivity index (χ1v) is 7.83. The number of halogens is 2. The Morgan fingerprint density at radius 2 is 2.00 bits per heavy atom. The third-order valence-corrected chi connectivity index (χ3v) is 4.73. The van der Waals surface area contributed by atoms with Gasteiger partial charge in [0.25, 0.3) is 5.91 Å². The fourth-order valence-electron chi connectivity index (χ4n) is 1.70. The summed E-state index contributed by atoms with van der Waals surface area (Å²) in [6.07, 6.45) is 2.15. The summed E-state index contributed by atoms with van der Waals surface area (Å²) < 4.78 is 0.484. The first kappa shape index (κ1) is 15.8. The van der Waals surface area contributed by atoms with Crippen molar-refractivity contribution >= 4 is 63.5 Å². The summed E-state index contributed by atoms with van der Waals surface area (Å²) in [7, 11) is 0. The van der Waals surface area contributed by atoms with E-state index in [-0.39, 0.29) is 12.5 Å². The summed E-state index contributed by atoms with van der Waals surface area (Å²) in [5.74, 6) is -0.176. The van der Waals surface area contributed by atoms with Gasteiger partial charge in [-0.15, -0.1) is 0 Å². The molecule has 20 heavy (non-hydrogen) atoms. The van der Waals surface area contributed by atoms with E-state index in [0.29, 0.717) is 37.8 Å². The van der Waals surface area contributed by atoms with E-state index in [9.17, 15) is 4.79 Å². The number of hydrogen-bond donors (Lipinski definition) is 1. The van der Waals surface area contributed by atoms with E-state index in [0.717, 1.165) is 0 Å². The van der Waals surface area contributed by atoms with Crippen LogP contribution in [0.4, 0.5) is 0 Å². The molecule has 3 nitrogen and oxygen atoms in total. The number of hydrogen-bond acceptors (Lipinski definition) is 4. The minimum atomic E-state index is -0.176. The molecule has 1 fully saturated rings. The van der Waals surface area contributed by atoms with E-state index >= 15 is 0 Å². The molecule has 1 amide bonds. The number of benzene rings is 1. The summed E-state index contributed by atoms with van der Waals surface area (Å²) >= 11 is 18.5. The maximum absolute atomic E-state index is 12.2. The molecule has 0 unspecified atom stereocenters. The lowest BCUT2D eigenvalue weighted by Gasteiger charge is -2.12. The second kappa shape index (κ2) is 6.91. The highest BCUT2D eigenvalue weighted by atomic mass is 35.5. The number of amides is 1. The van der Waals surface area contributed by atoms with Gasteiger partial charge in [0, 0.05) is 28.8 Å². The Morgan fingerprint density at radius 3 is 2.60 bits per heavy atom. The van der Waals surface area contributed by atoms with Crippen LogP contribution in [0.3, 0.4) is 0 Å². The predicted octanol–water partition coefficient (Wildman–Crippen LogP) is 3.58. The van der Waals surface area contributed by atoms with Gasteiger partial charge in [0.1, 0.15) is 4.32 Å². The quantitative estimate of drug-likeness (QED) is 0.667. The predicted molar refractivity (Wildman–Crippen MR) is 88.0 cm³/mol. The van der Waals surface area contributed by atoms with E-state index in [2.05, 4.69) is 0 Å². The third-order valence-electron chi connectivity index (χ3n) is 2.69. The smallest absolute Gasteiger partial charge is 0.266 e. The molecule has 0 aliphatic carbocycles. The van der Waals surface area contributed by atoms with E-state index in [1.54, 1.807) is 24.3 Å². The molecule has 1 aromatic carbocycles. The number of rotatable bonds is 4. The fraction of sp³-hybridized carbons (Fsp3) is 0.231. The fourth-order valence-corrected chi connectivity index (χ4v) is 3.50. The van der Waals surface area contributed by atoms with Crippen molar-refractivity contribution in [3.8, 4) is 0 Å². The number of carbonyl (C=O) groups excluding carboxylic acids is 1. The van der Waals surface area contributed by atoms with Crippen LogP contribution in [0.2, 0.25) is 10.0 Å². The van der Waals surface area contributed by atoms with Crippen molar-refractivity contribution < 1.29 is 9.90 Å². The van der Waals surface area contributed by atoms with Crippen LogP contribution in [0.25, 0.3) is 6.08 Å². The van der Waals surface area contributed by atoms with Crippen molar-refractivity contribution in [2.45, 2.75) is 6.42 Å². The van der Waals surface area contributed by atoms with Gasteiger partial charge in [0.2, 0.25) is 0 Å². The SMILES string of the molecule is O=C1/C(=C/c2c(Cl)cccc2Cl)SC(=S)N1CCCO. The first-order chi connectivity index (χ1) is 9.54. The molecule has 0 atom stereocenters. The molecular formula is C13H11Cl2NO2S2. The van der Waals surface area contributed by atoms with Gasteiger partial charge in [-0.05, 0) is 24.6 Å². The zero-order valence-electron chi connectivity index (χ0n) is 10.3. The molecular weight excluding hydrogens is 337 g/mol. The highest BCUT2D eigenvalue weighted by molar-refractivity contribution is 8.26. The van der Waals surface area contributed by atoms with Crippen LogP contribution in [0, 0.1) is 0 Å². The number of aliphatic hydroxyl groups is 1. The van der Waals surface area contributed by atoms with Crippen molar-refractivity contribution in [3.63, 3.8) is 0 Å². The van der Waals surface area contributed by atoms with E-state index < -0.39 is 0 Å². The van der Waals surface area contributed by atoms with Crippen LogP contribution in [0.5, 0.6) is 0 Å². The zero-order valence-corrected chi connectivity index (χ0v) is 13.5. The van der Waals surface area contributed by atoms with Gasteiger partial charge >= 0.3 is 0 Å². The highest BCUT2D eigenvalue weighted by Crippen LogP contribution is 2.35. The summed E-state index contributed by atoms with van der Waals surface area (Å²) in [5.41, 5.74) is 0.610. The van der Waals surface area contributed by atoms with Crippen LogP contribution in [-0.2, 0) is 4.79 Å². The topological polar surface area (TPSA) is 40.5 Å². The van der Waals surface area contributed by atoms with E-state index in [4.69, 9.17) is 40.5 Å². The third kappa shape index (κ3) is 3.35. The summed E-state index contributed by atoms with van der Waals surface area (Å²) in [6.45, 7) is 0.432. The molecule has 1 N–H and O–H groups in total. The van der Waals surface area contributed by atoms with Gasteiger partial charge in [0.05, 0.1) is 4.91 Å². The van der Waals surface area contributed by atoms with Crippen molar-refractivity contribution in [2.24, 2.45) is 0 Å². The average molecular weight is 348 g/mol. The molecule has 1 aromatic rings. The second-order valence-electron chi connectivity index (χ2n) is 4.05. The average Bonchev–Trinajstić information content (AvgIpc) is 2.67. The monoisotopic (exact) mass is 347 g/mol. The van der Waals surface area contributed by atoms with Gasteiger partial charge in [-0.1, -0.05) is 53.2 Å². The van der Waals surface area contributed by atoms with Crippen molar-refractivity contribution in [1.29, 1.82) is 0 Å². The Labute approximate surface area is 136 Å². The molecule has 1 heterocycles. The molecule has 0 radical (unpaired) electrons. The van der Waals surface area contributed by atoms with Gasteiger partial charge in [-0.25, -0.2) is 0 Å². The minimum absolute atomic E-state index is 0.0203. The van der Waals surface area contributed by atoms with E-state index in [1.807, 2.05) is 0 Å². The molecule has 1 aliphatic heterocycles. The molecule has 0 saturated carbocycles. The largest absolute Gasteiger partial charge is 0.396 e. The number of aliphatic hydroxyl groups excluding tert-OH is 1. The lowest BCUT2D eigenvalue weighted by molar-refractivity contribution is -0.122. The number of nitrogens with zero attached hydrogens (tertiary/aromatic N) is 1. The number of thioether (sulfide) groups is 1. The molecule has 0 bridgehead atoms. The standard InChI is InChI=1S/C13H11Cl2NO2S2/c14-9-3-1-4-10(15)8(9)7-11-12(18)16(5-2-6-17)13(19)20-11/h1,3-4,7,17H,2,5-6H2/b11-7-. The summed E-state index contributed by atoms with van der Waals surface area (Å²) in [4.78, 5) is 14.2. The van der Waals surface area contributed by atoms with Gasteiger partial charge in [-0.3, -0.25) is 9.69 Å². The molecule has 7 heteroatoms. The Morgan fingerprint density at radius 1 is 1.35 bits per heavy atom. The highest BCUT2D eigenvalue weighted by Gasteiger charge is 2.31. The van der Waals surface area contributed by atoms with Gasteiger partial charge in [0.15, 0.2) is 0 Å². The van der Waals surface area contributed by atoms with Gasteiger partial charge in [-0.2, -0.15) is 0 Å². The molecule has 1 saturated heterocycles. The Balaban J connectivity index is 2.28. The lowest BCUT2D eigenvalue weighted by atomic mass is 10.2. The van der Waals surface area contributed by atoms with Crippen molar-refractivity contribution in [3.05, 3.63) is 38.7 Å². The van der Waals surface area contributed by atoms with Crippen LogP contribution in [-0.4, -0.2) is 33.4 Å². The van der Waals surface area contributed by atoms with Gasteiger partial charge < -0.3 is 5.11 Å². The normalized spacial score (nSPS) is 17.4. The molecule has 0 aromatic heterocycles. The maximum atomic E-state index is 12.2.